The van der Waals surface area contributed by atoms with Crippen molar-refractivity contribution in [2.75, 3.05) is 37.6 Å². The fraction of sp³-hybridized carbons (Fsp3) is 0.556. The number of likely N-dealkylation sites (tertiary alicyclic amines) is 1. The van der Waals surface area contributed by atoms with E-state index in [9.17, 15) is 23.2 Å². The summed E-state index contributed by atoms with van der Waals surface area (Å²) in [6, 6.07) is 12.7. The van der Waals surface area contributed by atoms with Crippen molar-refractivity contribution in [3.63, 3.8) is 0 Å². The Morgan fingerprint density at radius 1 is 0.852 bits per heavy atom. The Bertz CT molecular complexity index is 2040. The summed E-state index contributed by atoms with van der Waals surface area (Å²) >= 11 is 19.7. The van der Waals surface area contributed by atoms with Gasteiger partial charge in [-0.3, -0.25) is 9.69 Å². The summed E-state index contributed by atoms with van der Waals surface area (Å²) in [5, 5.41) is 1.34. The van der Waals surface area contributed by atoms with Crippen molar-refractivity contribution in [3.05, 3.63) is 86.0 Å². The number of nitrogens with zero attached hydrogens (tertiary/aromatic N) is 5. The van der Waals surface area contributed by atoms with Crippen molar-refractivity contribution >= 4 is 58.7 Å². The van der Waals surface area contributed by atoms with Gasteiger partial charge in [0.05, 0.1) is 29.1 Å². The summed E-state index contributed by atoms with van der Waals surface area (Å²) in [6.45, 7) is 13.4. The average molecular weight is 907 g/mol. The smallest absolute Gasteiger partial charge is 0.410 e. The molecule has 1 aliphatic carbocycles. The second-order valence-corrected chi connectivity index (χ2v) is 19.5. The molecule has 1 saturated carbocycles. The highest BCUT2D eigenvalue weighted by atomic mass is 35.5. The molecule has 0 spiro atoms. The van der Waals surface area contributed by atoms with Crippen LogP contribution in [0.5, 0.6) is 5.75 Å². The van der Waals surface area contributed by atoms with Gasteiger partial charge in [-0.15, -0.1) is 0 Å². The molecule has 0 radical (unpaired) electrons. The number of aromatic nitrogens is 1. The molecule has 3 aromatic rings. The minimum atomic E-state index is -2.77. The molecule has 2 saturated heterocycles. The highest BCUT2D eigenvalue weighted by Crippen LogP contribution is 2.40. The molecule has 16 heteroatoms. The zero-order valence-corrected chi connectivity index (χ0v) is 38.1. The van der Waals surface area contributed by atoms with Crippen molar-refractivity contribution in [3.8, 4) is 5.75 Å². The highest BCUT2D eigenvalue weighted by Gasteiger charge is 2.44. The van der Waals surface area contributed by atoms with Crippen LogP contribution in [0.2, 0.25) is 15.1 Å². The summed E-state index contributed by atoms with van der Waals surface area (Å²) in [5.41, 5.74) is 1.41. The highest BCUT2D eigenvalue weighted by molar-refractivity contribution is 6.37. The molecule has 3 atom stereocenters. The second kappa shape index (κ2) is 19.1. The molecule has 2 unspecified atom stereocenters. The van der Waals surface area contributed by atoms with E-state index in [1.54, 1.807) is 43.9 Å². The van der Waals surface area contributed by atoms with E-state index >= 15 is 0 Å². The molecule has 6 rings (SSSR count). The lowest BCUT2D eigenvalue weighted by molar-refractivity contribution is -0.139. The van der Waals surface area contributed by atoms with E-state index in [1.807, 2.05) is 63.1 Å². The monoisotopic (exact) mass is 905 g/mol. The molecule has 0 N–H and O–H groups in total. The quantitative estimate of drug-likeness (QED) is 0.177. The standard InChI is InChI=1S/C45H56Cl3F2N5O6/c1-27-18-36(47)40(37(48)19-27)59-32-14-16-52(24-32)39-13-9-29(21-51-39)33-15-17-53(42(57)60-44(2,3)4)25-34(33)41(56)55(31-10-11-31)23-30-20-28(8-12-35(30)46)22-54(26-38(49)50)43(58)61-45(5,6)7/h8-9,12-13,18-21,31-34,38H,10-11,14-17,22-26H2,1-7H3/t32-,33?,34?/m0/s1. The number of anilines is 1. The normalized spacial score (nSPS) is 19.5. The molecular formula is C45H56Cl3F2N5O6. The molecule has 11 nitrogen and oxygen atoms in total. The first-order valence-corrected chi connectivity index (χ1v) is 21.9. The third-order valence-electron chi connectivity index (χ3n) is 10.8. The topological polar surface area (TPSA) is 105 Å². The first kappa shape index (κ1) is 46.4. The number of halogens is 5. The van der Waals surface area contributed by atoms with Gasteiger partial charge in [-0.2, -0.15) is 0 Å². The SMILES string of the molecule is Cc1cc(Cl)c(O[C@H]2CCN(c3ccc(C4CCN(C(=O)OC(C)(C)C)CC4C(=O)N(Cc4cc(CN(CC(F)F)C(=O)OC(C)(C)C)ccc4Cl)C4CC4)cn3)C2)c(Cl)c1. The van der Waals surface area contributed by atoms with Crippen molar-refractivity contribution < 1.29 is 37.4 Å². The van der Waals surface area contributed by atoms with E-state index in [2.05, 4.69) is 4.90 Å². The maximum absolute atomic E-state index is 15.0. The molecule has 0 bridgehead atoms. The van der Waals surface area contributed by atoms with Crippen molar-refractivity contribution in [1.29, 1.82) is 0 Å². The maximum Gasteiger partial charge on any atom is 0.410 e. The number of carbonyl (C=O) groups excluding carboxylic acids is 3. The Balaban J connectivity index is 1.21. The van der Waals surface area contributed by atoms with Crippen LogP contribution in [0.25, 0.3) is 0 Å². The van der Waals surface area contributed by atoms with E-state index in [-0.39, 0.29) is 43.6 Å². The van der Waals surface area contributed by atoms with Gasteiger partial charge in [0, 0.05) is 62.3 Å². The predicted octanol–water partition coefficient (Wildman–Crippen LogP) is 10.5. The van der Waals surface area contributed by atoms with Crippen LogP contribution in [-0.2, 0) is 27.4 Å². The number of amides is 3. The summed E-state index contributed by atoms with van der Waals surface area (Å²) in [5.74, 6) is 0.236. The number of piperidine rings is 1. The average Bonchev–Trinajstić information content (AvgIpc) is 3.90. The van der Waals surface area contributed by atoms with Gasteiger partial charge in [-0.1, -0.05) is 53.0 Å². The summed E-state index contributed by atoms with van der Waals surface area (Å²) in [4.78, 5) is 52.7. The van der Waals surface area contributed by atoms with Gasteiger partial charge in [-0.25, -0.2) is 23.4 Å². The Labute approximate surface area is 372 Å². The number of hydrogen-bond donors (Lipinski definition) is 0. The van der Waals surface area contributed by atoms with E-state index in [0.29, 0.717) is 51.5 Å². The molecule has 3 heterocycles. The van der Waals surface area contributed by atoms with Crippen LogP contribution >= 0.6 is 34.8 Å². The number of benzene rings is 2. The third-order valence-corrected chi connectivity index (χ3v) is 11.7. The Kier molecular flexibility index (Phi) is 14.6. The lowest BCUT2D eigenvalue weighted by Gasteiger charge is -2.40. The summed E-state index contributed by atoms with van der Waals surface area (Å²) in [6.07, 6.45) is 0.445. The summed E-state index contributed by atoms with van der Waals surface area (Å²) in [7, 11) is 0. The van der Waals surface area contributed by atoms with Crippen molar-refractivity contribution in [2.45, 2.75) is 123 Å². The lowest BCUT2D eigenvalue weighted by Crippen LogP contribution is -2.51. The van der Waals surface area contributed by atoms with Crippen LogP contribution in [0.4, 0.5) is 24.2 Å². The van der Waals surface area contributed by atoms with Crippen LogP contribution in [0, 0.1) is 12.8 Å². The molecule has 2 aliphatic heterocycles. The fourth-order valence-corrected chi connectivity index (χ4v) is 8.69. The minimum absolute atomic E-state index is 0.0441. The molecule has 2 aromatic carbocycles. The Hall–Kier alpha value is -4.07. The number of carbonyl (C=O) groups is 3. The van der Waals surface area contributed by atoms with Gasteiger partial charge in [0.25, 0.3) is 6.43 Å². The van der Waals surface area contributed by atoms with E-state index < -0.39 is 42.3 Å². The zero-order chi connectivity index (χ0) is 44.4. The van der Waals surface area contributed by atoms with Crippen molar-refractivity contribution in [2.24, 2.45) is 5.92 Å². The van der Waals surface area contributed by atoms with E-state index in [1.165, 1.54) is 0 Å². The molecule has 332 valence electrons. The van der Waals surface area contributed by atoms with Gasteiger partial charge >= 0.3 is 12.2 Å². The molecule has 1 aromatic heterocycles. The Morgan fingerprint density at radius 2 is 1.54 bits per heavy atom. The van der Waals surface area contributed by atoms with Crippen LogP contribution in [0.15, 0.2) is 48.7 Å². The lowest BCUT2D eigenvalue weighted by atomic mass is 9.80. The minimum Gasteiger partial charge on any atom is -0.485 e. The van der Waals surface area contributed by atoms with Gasteiger partial charge in [0.1, 0.15) is 23.1 Å². The van der Waals surface area contributed by atoms with Gasteiger partial charge < -0.3 is 28.9 Å². The Morgan fingerprint density at radius 3 is 2.15 bits per heavy atom. The van der Waals surface area contributed by atoms with Crippen LogP contribution in [0.3, 0.4) is 0 Å². The van der Waals surface area contributed by atoms with Gasteiger partial charge in [0.15, 0.2) is 5.75 Å². The predicted molar refractivity (Wildman–Crippen MR) is 233 cm³/mol. The maximum atomic E-state index is 15.0. The summed E-state index contributed by atoms with van der Waals surface area (Å²) < 4.78 is 44.6. The third kappa shape index (κ3) is 12.5. The molecular weight excluding hydrogens is 851 g/mol. The number of pyridine rings is 1. The number of alkyl halides is 2. The number of ether oxygens (including phenoxy) is 3. The largest absolute Gasteiger partial charge is 0.485 e. The van der Waals surface area contributed by atoms with Crippen LogP contribution in [0.1, 0.15) is 95.4 Å². The fourth-order valence-electron chi connectivity index (χ4n) is 7.83. The van der Waals surface area contributed by atoms with Crippen molar-refractivity contribution in [1.82, 2.24) is 19.7 Å². The van der Waals surface area contributed by atoms with E-state index in [0.717, 1.165) is 47.7 Å². The number of hydrogen-bond acceptors (Lipinski definition) is 8. The molecule has 3 amide bonds. The van der Waals surface area contributed by atoms with Gasteiger partial charge in [0.2, 0.25) is 5.91 Å². The number of aryl methyl sites for hydroxylation is 1. The van der Waals surface area contributed by atoms with Crippen LogP contribution in [-0.4, -0.2) is 100 Å². The molecule has 3 aliphatic rings. The second-order valence-electron chi connectivity index (χ2n) is 18.3. The first-order valence-electron chi connectivity index (χ1n) is 20.8. The first-order chi connectivity index (χ1) is 28.6. The molecule has 3 fully saturated rings. The number of rotatable bonds is 12. The van der Waals surface area contributed by atoms with Crippen LogP contribution < -0.4 is 9.64 Å². The van der Waals surface area contributed by atoms with Gasteiger partial charge in [-0.05, 0) is 114 Å². The molecule has 61 heavy (non-hydrogen) atoms. The zero-order valence-electron chi connectivity index (χ0n) is 35.9. The van der Waals surface area contributed by atoms with E-state index in [4.69, 9.17) is 54.0 Å².